The molecule has 1 aromatic carbocycles. The second-order valence-corrected chi connectivity index (χ2v) is 10.1. The summed E-state index contributed by atoms with van der Waals surface area (Å²) in [6.07, 6.45) is 0.574. The van der Waals surface area contributed by atoms with Gasteiger partial charge in [-0.25, -0.2) is 13.4 Å². The predicted octanol–water partition coefficient (Wildman–Crippen LogP) is 2.18. The van der Waals surface area contributed by atoms with E-state index in [1.54, 1.807) is 19.1 Å². The van der Waals surface area contributed by atoms with Crippen molar-refractivity contribution in [3.8, 4) is 17.0 Å². The van der Waals surface area contributed by atoms with Crippen LogP contribution in [0.2, 0.25) is 0 Å². The molecule has 146 valence electrons. The van der Waals surface area contributed by atoms with E-state index in [0.717, 1.165) is 21.9 Å². The van der Waals surface area contributed by atoms with E-state index < -0.39 is 9.84 Å². The van der Waals surface area contributed by atoms with Gasteiger partial charge in [-0.3, -0.25) is 9.69 Å². The van der Waals surface area contributed by atoms with Gasteiger partial charge in [-0.2, -0.15) is 0 Å². The average Bonchev–Trinajstić information content (AvgIpc) is 3.16. The van der Waals surface area contributed by atoms with Crippen LogP contribution >= 0.6 is 11.3 Å². The van der Waals surface area contributed by atoms with Crippen LogP contribution in [0.4, 0.5) is 5.13 Å². The van der Waals surface area contributed by atoms with Crippen LogP contribution in [0.15, 0.2) is 24.3 Å². The minimum Gasteiger partial charge on any atom is -0.497 e. The van der Waals surface area contributed by atoms with E-state index in [9.17, 15) is 13.2 Å². The Morgan fingerprint density at radius 2 is 2.07 bits per heavy atom. The molecule has 1 aliphatic rings. The van der Waals surface area contributed by atoms with Gasteiger partial charge in [-0.1, -0.05) is 0 Å². The number of anilines is 1. The van der Waals surface area contributed by atoms with Crippen molar-refractivity contribution >= 4 is 32.2 Å². The number of carbonyl (C=O) groups excluding carboxylic acids is 1. The molecule has 0 saturated carbocycles. The minimum atomic E-state index is -2.97. The van der Waals surface area contributed by atoms with Crippen LogP contribution in [0.3, 0.4) is 0 Å². The number of aryl methyl sites for hydroxylation is 1. The highest BCUT2D eigenvalue weighted by Gasteiger charge is 2.31. The van der Waals surface area contributed by atoms with Crippen LogP contribution in [0.25, 0.3) is 11.3 Å². The number of hydrogen-bond acceptors (Lipinski definition) is 7. The maximum atomic E-state index is 12.3. The van der Waals surface area contributed by atoms with Gasteiger partial charge in [0.2, 0.25) is 5.91 Å². The standard InChI is InChI=1S/C18H23N3O4S2/c1-12-17(13-4-6-15(25-3)7-5-13)20-18(26-12)19-16(22)10-21(2)14-8-9-27(23,24)11-14/h4-7,14H,8-11H2,1-3H3,(H,19,20,22)/t14-/m0/s1. The zero-order valence-electron chi connectivity index (χ0n) is 15.6. The first-order valence-corrected chi connectivity index (χ1v) is 11.2. The highest BCUT2D eigenvalue weighted by atomic mass is 32.2. The van der Waals surface area contributed by atoms with Crippen LogP contribution in [0, 0.1) is 6.92 Å². The lowest BCUT2D eigenvalue weighted by molar-refractivity contribution is -0.117. The molecule has 0 aliphatic carbocycles. The first kappa shape index (κ1) is 19.8. The molecular weight excluding hydrogens is 386 g/mol. The molecule has 2 heterocycles. The molecule has 1 amide bonds. The molecule has 1 N–H and O–H groups in total. The van der Waals surface area contributed by atoms with Gasteiger partial charge >= 0.3 is 0 Å². The van der Waals surface area contributed by atoms with Gasteiger partial charge in [0.15, 0.2) is 15.0 Å². The number of methoxy groups -OCH3 is 1. The Kier molecular flexibility index (Phi) is 5.83. The van der Waals surface area contributed by atoms with Crippen LogP contribution in [-0.4, -0.2) is 62.5 Å². The molecule has 3 rings (SSSR count). The molecule has 2 aromatic rings. The lowest BCUT2D eigenvalue weighted by Crippen LogP contribution is -2.38. The summed E-state index contributed by atoms with van der Waals surface area (Å²) < 4.78 is 28.4. The Bertz CT molecular complexity index is 923. The van der Waals surface area contributed by atoms with Crippen LogP contribution in [-0.2, 0) is 14.6 Å². The summed E-state index contributed by atoms with van der Waals surface area (Å²) in [4.78, 5) is 19.7. The van der Waals surface area contributed by atoms with Crippen LogP contribution < -0.4 is 10.1 Å². The first-order valence-electron chi connectivity index (χ1n) is 8.60. The molecule has 0 unspecified atom stereocenters. The van der Waals surface area contributed by atoms with E-state index in [1.165, 1.54) is 11.3 Å². The Morgan fingerprint density at radius 3 is 2.67 bits per heavy atom. The Morgan fingerprint density at radius 1 is 1.37 bits per heavy atom. The molecule has 1 aliphatic heterocycles. The van der Waals surface area contributed by atoms with Crippen molar-refractivity contribution in [3.63, 3.8) is 0 Å². The fourth-order valence-electron chi connectivity index (χ4n) is 3.10. The number of nitrogens with one attached hydrogen (secondary N) is 1. The van der Waals surface area contributed by atoms with Gasteiger partial charge in [0.05, 0.1) is 30.9 Å². The summed E-state index contributed by atoms with van der Waals surface area (Å²) in [6, 6.07) is 7.50. The zero-order chi connectivity index (χ0) is 19.6. The number of carbonyl (C=O) groups is 1. The molecule has 27 heavy (non-hydrogen) atoms. The normalized spacial score (nSPS) is 18.6. The molecule has 1 fully saturated rings. The number of benzene rings is 1. The minimum absolute atomic E-state index is 0.103. The Balaban J connectivity index is 1.63. The van der Waals surface area contributed by atoms with Gasteiger partial charge in [-0.15, -0.1) is 11.3 Å². The molecule has 1 atom stereocenters. The van der Waals surface area contributed by atoms with Crippen molar-refractivity contribution in [3.05, 3.63) is 29.1 Å². The Labute approximate surface area is 163 Å². The SMILES string of the molecule is COc1ccc(-c2nc(NC(=O)CN(C)[C@H]3CCS(=O)(=O)C3)sc2C)cc1. The summed E-state index contributed by atoms with van der Waals surface area (Å²) in [5.74, 6) is 0.892. The Hall–Kier alpha value is -1.97. The maximum Gasteiger partial charge on any atom is 0.240 e. The molecule has 1 saturated heterocycles. The third kappa shape index (κ3) is 4.85. The molecule has 7 nitrogen and oxygen atoms in total. The molecule has 1 aromatic heterocycles. The highest BCUT2D eigenvalue weighted by molar-refractivity contribution is 7.91. The fraction of sp³-hybridized carbons (Fsp3) is 0.444. The molecule has 0 spiro atoms. The summed E-state index contributed by atoms with van der Waals surface area (Å²) >= 11 is 1.42. The van der Waals surface area contributed by atoms with Crippen LogP contribution in [0.5, 0.6) is 5.75 Å². The molecular formula is C18H23N3O4S2. The first-order chi connectivity index (χ1) is 12.8. The van der Waals surface area contributed by atoms with Gasteiger partial charge < -0.3 is 10.1 Å². The molecule has 0 bridgehead atoms. The van der Waals surface area contributed by atoms with Crippen LogP contribution in [0.1, 0.15) is 11.3 Å². The number of amides is 1. The number of likely N-dealkylation sites (N-methyl/N-ethyl adjacent to an activating group) is 1. The number of hydrogen-bond donors (Lipinski definition) is 1. The van der Waals surface area contributed by atoms with E-state index in [1.807, 2.05) is 31.2 Å². The van der Waals surface area contributed by atoms with Crippen molar-refractivity contribution < 1.29 is 17.9 Å². The van der Waals surface area contributed by atoms with Crippen molar-refractivity contribution in [2.24, 2.45) is 0 Å². The number of sulfone groups is 1. The lowest BCUT2D eigenvalue weighted by Gasteiger charge is -2.21. The fourth-order valence-corrected chi connectivity index (χ4v) is 5.76. The lowest BCUT2D eigenvalue weighted by atomic mass is 10.1. The monoisotopic (exact) mass is 409 g/mol. The third-order valence-electron chi connectivity index (χ3n) is 4.63. The van der Waals surface area contributed by atoms with Crippen molar-refractivity contribution in [1.29, 1.82) is 0 Å². The summed E-state index contributed by atoms with van der Waals surface area (Å²) in [5, 5.41) is 3.36. The van der Waals surface area contributed by atoms with E-state index in [4.69, 9.17) is 4.74 Å². The maximum absolute atomic E-state index is 12.3. The van der Waals surface area contributed by atoms with Gasteiger partial charge in [-0.05, 0) is 44.7 Å². The van der Waals surface area contributed by atoms with Crippen molar-refractivity contribution in [1.82, 2.24) is 9.88 Å². The second kappa shape index (κ2) is 7.95. The average molecular weight is 410 g/mol. The van der Waals surface area contributed by atoms with Crippen molar-refractivity contribution in [2.75, 3.05) is 37.5 Å². The smallest absolute Gasteiger partial charge is 0.240 e. The quantitative estimate of drug-likeness (QED) is 0.787. The second-order valence-electron chi connectivity index (χ2n) is 6.67. The van der Waals surface area contributed by atoms with E-state index in [2.05, 4.69) is 10.3 Å². The number of ether oxygens (including phenoxy) is 1. The summed E-state index contributed by atoms with van der Waals surface area (Å²) in [6.45, 7) is 2.10. The zero-order valence-corrected chi connectivity index (χ0v) is 17.2. The summed E-state index contributed by atoms with van der Waals surface area (Å²) in [7, 11) is 0.433. The topological polar surface area (TPSA) is 88.6 Å². The van der Waals surface area contributed by atoms with E-state index in [0.29, 0.717) is 11.6 Å². The number of rotatable bonds is 6. The number of aromatic nitrogens is 1. The largest absolute Gasteiger partial charge is 0.497 e. The highest BCUT2D eigenvalue weighted by Crippen LogP contribution is 2.31. The van der Waals surface area contributed by atoms with Gasteiger partial charge in [0, 0.05) is 16.5 Å². The van der Waals surface area contributed by atoms with Crippen molar-refractivity contribution in [2.45, 2.75) is 19.4 Å². The number of thiazole rings is 1. The van der Waals surface area contributed by atoms with E-state index in [-0.39, 0.29) is 30.0 Å². The van der Waals surface area contributed by atoms with E-state index >= 15 is 0 Å². The predicted molar refractivity (Wildman–Crippen MR) is 107 cm³/mol. The van der Waals surface area contributed by atoms with Gasteiger partial charge in [0.1, 0.15) is 5.75 Å². The molecule has 0 radical (unpaired) electrons. The summed E-state index contributed by atoms with van der Waals surface area (Å²) in [5.41, 5.74) is 1.78. The third-order valence-corrected chi connectivity index (χ3v) is 7.27. The van der Waals surface area contributed by atoms with Gasteiger partial charge in [0.25, 0.3) is 0 Å². The molecule has 9 heteroatoms. The number of nitrogens with zero attached hydrogens (tertiary/aromatic N) is 2.